The van der Waals surface area contributed by atoms with Gasteiger partial charge in [0.15, 0.2) is 0 Å². The van der Waals surface area contributed by atoms with Gasteiger partial charge >= 0.3 is 0 Å². The first-order valence-corrected chi connectivity index (χ1v) is 12.6. The van der Waals surface area contributed by atoms with Gasteiger partial charge < -0.3 is 25.0 Å². The van der Waals surface area contributed by atoms with E-state index in [0.29, 0.717) is 25.6 Å². The highest BCUT2D eigenvalue weighted by Crippen LogP contribution is 2.40. The Morgan fingerprint density at radius 1 is 1.17 bits per heavy atom. The summed E-state index contributed by atoms with van der Waals surface area (Å²) in [5, 5.41) is 1.05. The lowest BCUT2D eigenvalue weighted by Gasteiger charge is -2.40. The number of amides is 1. The first-order valence-electron chi connectivity index (χ1n) is 12.6. The standard InChI is InChI=1S/C28H34N4O3/c1-3-35-25-8-5-11-32(18-33)27(25)22-7-4-6-19(2)26(22)20-9-10-23-21(16-20)17-24(28(29)30-23)31-12-14-34-15-13-31/h4,6-7,9-10,16-18,25,27H,3,5,8,11-15H2,1-2H3,(H2,29,30). The van der Waals surface area contributed by atoms with Crippen LogP contribution in [0.1, 0.15) is 36.9 Å². The fourth-order valence-electron chi connectivity index (χ4n) is 5.60. The summed E-state index contributed by atoms with van der Waals surface area (Å²) < 4.78 is 11.7. The van der Waals surface area contributed by atoms with Gasteiger partial charge in [-0.2, -0.15) is 0 Å². The van der Waals surface area contributed by atoms with Crippen molar-refractivity contribution in [3.63, 3.8) is 0 Å². The van der Waals surface area contributed by atoms with Crippen molar-refractivity contribution in [1.29, 1.82) is 0 Å². The lowest BCUT2D eigenvalue weighted by Crippen LogP contribution is -2.42. The Balaban J connectivity index is 1.61. The molecule has 0 spiro atoms. The van der Waals surface area contributed by atoms with Gasteiger partial charge in [-0.1, -0.05) is 24.3 Å². The van der Waals surface area contributed by atoms with Crippen molar-refractivity contribution < 1.29 is 14.3 Å². The summed E-state index contributed by atoms with van der Waals surface area (Å²) in [6.07, 6.45) is 2.85. The van der Waals surface area contributed by atoms with Crippen LogP contribution in [0.2, 0.25) is 0 Å². The number of nitrogens with zero attached hydrogens (tertiary/aromatic N) is 3. The summed E-state index contributed by atoms with van der Waals surface area (Å²) in [7, 11) is 0. The molecule has 2 unspecified atom stereocenters. The average molecular weight is 475 g/mol. The van der Waals surface area contributed by atoms with Gasteiger partial charge in [-0.15, -0.1) is 0 Å². The molecule has 2 aromatic carbocycles. The summed E-state index contributed by atoms with van der Waals surface area (Å²) in [4.78, 5) is 20.9. The predicted octanol–water partition coefficient (Wildman–Crippen LogP) is 4.33. The minimum atomic E-state index is -0.111. The smallest absolute Gasteiger partial charge is 0.210 e. The molecular formula is C28H34N4O3. The molecule has 2 aliphatic rings. The number of hydrogen-bond acceptors (Lipinski definition) is 6. The van der Waals surface area contributed by atoms with E-state index in [9.17, 15) is 4.79 Å². The number of carbonyl (C=O) groups is 1. The number of piperidine rings is 1. The van der Waals surface area contributed by atoms with Crippen molar-refractivity contribution in [1.82, 2.24) is 9.88 Å². The van der Waals surface area contributed by atoms with Crippen LogP contribution in [0.4, 0.5) is 11.5 Å². The zero-order valence-corrected chi connectivity index (χ0v) is 20.6. The lowest BCUT2D eigenvalue weighted by atomic mass is 9.85. The van der Waals surface area contributed by atoms with Crippen LogP contribution >= 0.6 is 0 Å². The van der Waals surface area contributed by atoms with Gasteiger partial charge in [-0.05, 0) is 67.1 Å². The van der Waals surface area contributed by atoms with E-state index < -0.39 is 0 Å². The Morgan fingerprint density at radius 2 is 2.00 bits per heavy atom. The third-order valence-corrected chi connectivity index (χ3v) is 7.22. The number of pyridine rings is 1. The summed E-state index contributed by atoms with van der Waals surface area (Å²) >= 11 is 0. The lowest BCUT2D eigenvalue weighted by molar-refractivity contribution is -0.127. The van der Waals surface area contributed by atoms with Crippen LogP contribution in [0.5, 0.6) is 0 Å². The molecule has 0 saturated carbocycles. The number of anilines is 2. The highest BCUT2D eigenvalue weighted by Gasteiger charge is 2.34. The van der Waals surface area contributed by atoms with Gasteiger partial charge in [-0.3, -0.25) is 4.79 Å². The van der Waals surface area contributed by atoms with Gasteiger partial charge in [0.2, 0.25) is 6.41 Å². The van der Waals surface area contributed by atoms with E-state index in [2.05, 4.69) is 48.2 Å². The highest BCUT2D eigenvalue weighted by atomic mass is 16.5. The molecule has 0 aliphatic carbocycles. The molecule has 3 aromatic rings. The van der Waals surface area contributed by atoms with Crippen LogP contribution in [-0.2, 0) is 14.3 Å². The van der Waals surface area contributed by atoms with E-state index in [1.54, 1.807) is 0 Å². The summed E-state index contributed by atoms with van der Waals surface area (Å²) in [6, 6.07) is 14.7. The Bertz CT molecular complexity index is 1210. The summed E-state index contributed by atoms with van der Waals surface area (Å²) in [6.45, 7) is 8.52. The number of nitrogens with two attached hydrogens (primary N) is 1. The average Bonchev–Trinajstić information content (AvgIpc) is 2.88. The fraction of sp³-hybridized carbons (Fsp3) is 0.429. The monoisotopic (exact) mass is 474 g/mol. The number of nitrogen functional groups attached to an aromatic ring is 1. The van der Waals surface area contributed by atoms with Gasteiger partial charge in [0.1, 0.15) is 5.82 Å². The molecule has 3 heterocycles. The topological polar surface area (TPSA) is 80.9 Å². The number of fused-ring (bicyclic) bond motifs is 1. The molecule has 2 fully saturated rings. The fourth-order valence-corrected chi connectivity index (χ4v) is 5.60. The van der Waals surface area contributed by atoms with Crippen molar-refractivity contribution in [2.45, 2.75) is 38.8 Å². The number of ether oxygens (including phenoxy) is 2. The number of carbonyl (C=O) groups excluding carboxylic acids is 1. The van der Waals surface area contributed by atoms with Crippen LogP contribution < -0.4 is 10.6 Å². The number of benzene rings is 2. The second-order valence-electron chi connectivity index (χ2n) is 9.36. The molecule has 1 amide bonds. The number of aromatic nitrogens is 1. The molecule has 2 atom stereocenters. The molecule has 5 rings (SSSR count). The number of morpholine rings is 1. The van der Waals surface area contributed by atoms with Crippen molar-refractivity contribution >= 4 is 28.8 Å². The van der Waals surface area contributed by atoms with E-state index >= 15 is 0 Å². The SMILES string of the molecule is CCOC1CCCN(C=O)C1c1cccc(C)c1-c1ccc2nc(N)c(N3CCOCC3)cc2c1. The van der Waals surface area contributed by atoms with Crippen molar-refractivity contribution in [3.05, 3.63) is 53.6 Å². The Labute approximate surface area is 206 Å². The maximum absolute atomic E-state index is 12.1. The zero-order valence-electron chi connectivity index (χ0n) is 20.6. The van der Waals surface area contributed by atoms with Crippen LogP contribution in [-0.4, -0.2) is 61.9 Å². The molecule has 184 valence electrons. The van der Waals surface area contributed by atoms with Crippen LogP contribution in [0.15, 0.2) is 42.5 Å². The Kier molecular flexibility index (Phi) is 6.88. The van der Waals surface area contributed by atoms with E-state index in [0.717, 1.165) is 72.2 Å². The third-order valence-electron chi connectivity index (χ3n) is 7.22. The van der Waals surface area contributed by atoms with Crippen molar-refractivity contribution in [3.8, 4) is 11.1 Å². The first kappa shape index (κ1) is 23.6. The Hall–Kier alpha value is -3.16. The molecule has 2 saturated heterocycles. The molecule has 7 heteroatoms. The quantitative estimate of drug-likeness (QED) is 0.536. The van der Waals surface area contributed by atoms with Gasteiger partial charge in [-0.25, -0.2) is 4.98 Å². The van der Waals surface area contributed by atoms with Gasteiger partial charge in [0.05, 0.1) is 36.6 Å². The largest absolute Gasteiger partial charge is 0.382 e. The molecule has 1 aromatic heterocycles. The predicted molar refractivity (Wildman–Crippen MR) is 140 cm³/mol. The van der Waals surface area contributed by atoms with Crippen LogP contribution in [0.25, 0.3) is 22.0 Å². The molecule has 0 radical (unpaired) electrons. The van der Waals surface area contributed by atoms with E-state index in [4.69, 9.17) is 20.2 Å². The summed E-state index contributed by atoms with van der Waals surface area (Å²) in [5.74, 6) is 0.548. The molecule has 35 heavy (non-hydrogen) atoms. The maximum Gasteiger partial charge on any atom is 0.210 e. The highest BCUT2D eigenvalue weighted by molar-refractivity contribution is 5.91. The minimum Gasteiger partial charge on any atom is -0.382 e. The van der Waals surface area contributed by atoms with Gasteiger partial charge in [0, 0.05) is 31.6 Å². The minimum absolute atomic E-state index is 0.0191. The molecule has 0 bridgehead atoms. The second-order valence-corrected chi connectivity index (χ2v) is 9.36. The number of aryl methyl sites for hydroxylation is 1. The molecule has 2 N–H and O–H groups in total. The van der Waals surface area contributed by atoms with Gasteiger partial charge in [0.25, 0.3) is 0 Å². The van der Waals surface area contributed by atoms with E-state index in [1.165, 1.54) is 5.56 Å². The third kappa shape index (κ3) is 4.58. The van der Waals surface area contributed by atoms with Crippen LogP contribution in [0, 0.1) is 6.92 Å². The number of rotatable bonds is 6. The van der Waals surface area contributed by atoms with E-state index in [-0.39, 0.29) is 12.1 Å². The Morgan fingerprint density at radius 3 is 2.77 bits per heavy atom. The van der Waals surface area contributed by atoms with Crippen molar-refractivity contribution in [2.75, 3.05) is 50.1 Å². The normalized spacial score (nSPS) is 20.9. The van der Waals surface area contributed by atoms with Crippen molar-refractivity contribution in [2.24, 2.45) is 0 Å². The number of likely N-dealkylation sites (tertiary alicyclic amines) is 1. The molecule has 7 nitrogen and oxygen atoms in total. The molecular weight excluding hydrogens is 440 g/mol. The molecule has 2 aliphatic heterocycles. The zero-order chi connectivity index (χ0) is 24.4. The summed E-state index contributed by atoms with van der Waals surface area (Å²) in [5.41, 5.74) is 12.7. The maximum atomic E-state index is 12.1. The van der Waals surface area contributed by atoms with Crippen LogP contribution in [0.3, 0.4) is 0 Å². The van der Waals surface area contributed by atoms with E-state index in [1.807, 2.05) is 17.9 Å². The first-order chi connectivity index (χ1) is 17.1. The second kappa shape index (κ2) is 10.2. The number of hydrogen-bond donors (Lipinski definition) is 1.